The molecule has 142 valence electrons. The molecule has 0 aliphatic heterocycles. The Morgan fingerprint density at radius 1 is 1.26 bits per heavy atom. The molecule has 0 saturated heterocycles. The molecule has 0 fully saturated rings. The van der Waals surface area contributed by atoms with Crippen LogP contribution < -0.4 is 5.32 Å². The Labute approximate surface area is 156 Å². The molecule has 1 N–H and O–H groups in total. The van der Waals surface area contributed by atoms with Crippen LogP contribution in [-0.2, 0) is 11.2 Å². The summed E-state index contributed by atoms with van der Waals surface area (Å²) in [4.78, 5) is 18.4. The van der Waals surface area contributed by atoms with Crippen LogP contribution in [-0.4, -0.2) is 41.6 Å². The van der Waals surface area contributed by atoms with Crippen molar-refractivity contribution in [1.29, 1.82) is 0 Å². The average Bonchev–Trinajstić information content (AvgIpc) is 3.33. The molecule has 0 saturated carbocycles. The second kappa shape index (κ2) is 8.59. The van der Waals surface area contributed by atoms with Crippen molar-refractivity contribution in [2.75, 3.05) is 20.6 Å². The number of nitrogens with zero attached hydrogens (tertiary/aromatic N) is 3. The van der Waals surface area contributed by atoms with Crippen LogP contribution in [0.15, 0.2) is 51.6 Å². The third-order valence-corrected chi connectivity index (χ3v) is 4.12. The first-order valence-electron chi connectivity index (χ1n) is 8.58. The fourth-order valence-electron chi connectivity index (χ4n) is 2.61. The summed E-state index contributed by atoms with van der Waals surface area (Å²) in [5.74, 6) is 1.08. The van der Waals surface area contributed by atoms with Crippen molar-refractivity contribution in [1.82, 2.24) is 20.4 Å². The summed E-state index contributed by atoms with van der Waals surface area (Å²) in [6.07, 6.45) is 2.17. The SMILES string of the molecule is CN(C)C(CNC(=O)CCc1nc(-c2ccc(F)cc2)no1)c1ccco1. The van der Waals surface area contributed by atoms with Gasteiger partial charge in [-0.3, -0.25) is 9.69 Å². The third-order valence-electron chi connectivity index (χ3n) is 4.12. The second-order valence-electron chi connectivity index (χ2n) is 6.32. The van der Waals surface area contributed by atoms with E-state index in [0.29, 0.717) is 30.2 Å². The lowest BCUT2D eigenvalue weighted by Gasteiger charge is -2.22. The Morgan fingerprint density at radius 3 is 2.70 bits per heavy atom. The highest BCUT2D eigenvalue weighted by atomic mass is 19.1. The predicted molar refractivity (Wildman–Crippen MR) is 96.2 cm³/mol. The van der Waals surface area contributed by atoms with Crippen molar-refractivity contribution < 1.29 is 18.1 Å². The van der Waals surface area contributed by atoms with Crippen LogP contribution in [0.5, 0.6) is 0 Å². The van der Waals surface area contributed by atoms with E-state index >= 15 is 0 Å². The third kappa shape index (κ3) is 5.01. The summed E-state index contributed by atoms with van der Waals surface area (Å²) in [6.45, 7) is 0.435. The number of benzene rings is 1. The largest absolute Gasteiger partial charge is 0.468 e. The summed E-state index contributed by atoms with van der Waals surface area (Å²) in [6, 6.07) is 9.48. The molecule has 1 unspecified atom stereocenters. The molecule has 0 bridgehead atoms. The summed E-state index contributed by atoms with van der Waals surface area (Å²) in [5, 5.41) is 6.76. The zero-order valence-corrected chi connectivity index (χ0v) is 15.2. The molecule has 1 aromatic carbocycles. The maximum atomic E-state index is 13.0. The molecular formula is C19H21FN4O3. The lowest BCUT2D eigenvalue weighted by molar-refractivity contribution is -0.121. The van der Waals surface area contributed by atoms with Gasteiger partial charge in [-0.15, -0.1) is 0 Å². The van der Waals surface area contributed by atoms with Crippen molar-refractivity contribution >= 4 is 5.91 Å². The van der Waals surface area contributed by atoms with E-state index in [1.807, 2.05) is 31.1 Å². The summed E-state index contributed by atoms with van der Waals surface area (Å²) >= 11 is 0. The van der Waals surface area contributed by atoms with Crippen LogP contribution in [0.3, 0.4) is 0 Å². The highest BCUT2D eigenvalue weighted by molar-refractivity contribution is 5.76. The maximum Gasteiger partial charge on any atom is 0.227 e. The van der Waals surface area contributed by atoms with Crippen LogP contribution in [0.1, 0.15) is 24.1 Å². The van der Waals surface area contributed by atoms with Crippen LogP contribution in [0.4, 0.5) is 4.39 Å². The summed E-state index contributed by atoms with van der Waals surface area (Å²) in [7, 11) is 3.85. The monoisotopic (exact) mass is 372 g/mol. The van der Waals surface area contributed by atoms with Crippen molar-refractivity contribution in [3.8, 4) is 11.4 Å². The van der Waals surface area contributed by atoms with Gasteiger partial charge in [-0.05, 0) is 50.5 Å². The molecule has 0 aliphatic rings. The molecule has 0 aliphatic carbocycles. The fourth-order valence-corrected chi connectivity index (χ4v) is 2.61. The van der Waals surface area contributed by atoms with Gasteiger partial charge in [-0.1, -0.05) is 5.16 Å². The topological polar surface area (TPSA) is 84.4 Å². The molecule has 7 nitrogen and oxygen atoms in total. The van der Waals surface area contributed by atoms with Crippen LogP contribution >= 0.6 is 0 Å². The highest BCUT2D eigenvalue weighted by Crippen LogP contribution is 2.18. The molecule has 3 rings (SSSR count). The van der Waals surface area contributed by atoms with Gasteiger partial charge in [-0.25, -0.2) is 4.39 Å². The first-order valence-corrected chi connectivity index (χ1v) is 8.58. The molecule has 3 aromatic rings. The maximum absolute atomic E-state index is 13.0. The predicted octanol–water partition coefficient (Wildman–Crippen LogP) is 2.82. The molecule has 2 aromatic heterocycles. The molecule has 0 radical (unpaired) electrons. The van der Waals surface area contributed by atoms with E-state index in [-0.39, 0.29) is 24.2 Å². The molecule has 1 atom stereocenters. The number of aromatic nitrogens is 2. The minimum Gasteiger partial charge on any atom is -0.468 e. The minimum absolute atomic E-state index is 0.0440. The summed E-state index contributed by atoms with van der Waals surface area (Å²) in [5.41, 5.74) is 0.656. The van der Waals surface area contributed by atoms with Crippen LogP contribution in [0, 0.1) is 5.82 Å². The number of aryl methyl sites for hydroxylation is 1. The van der Waals surface area contributed by atoms with E-state index in [2.05, 4.69) is 15.5 Å². The van der Waals surface area contributed by atoms with Gasteiger partial charge in [0.05, 0.1) is 12.3 Å². The number of carbonyl (C=O) groups is 1. The van der Waals surface area contributed by atoms with E-state index in [0.717, 1.165) is 5.76 Å². The number of hydrogen-bond donors (Lipinski definition) is 1. The number of likely N-dealkylation sites (N-methyl/N-ethyl adjacent to an activating group) is 1. The zero-order valence-electron chi connectivity index (χ0n) is 15.2. The Morgan fingerprint density at radius 2 is 2.04 bits per heavy atom. The quantitative estimate of drug-likeness (QED) is 0.655. The van der Waals surface area contributed by atoms with Gasteiger partial charge in [0.25, 0.3) is 0 Å². The number of furan rings is 1. The number of halogens is 1. The van der Waals surface area contributed by atoms with Crippen LogP contribution in [0.25, 0.3) is 11.4 Å². The standard InChI is InChI=1S/C19H21FN4O3/c1-24(2)15(16-4-3-11-26-16)12-21-17(25)9-10-18-22-19(23-27-18)13-5-7-14(20)8-6-13/h3-8,11,15H,9-10,12H2,1-2H3,(H,21,25). The first-order chi connectivity index (χ1) is 13.0. The fraction of sp³-hybridized carbons (Fsp3) is 0.316. The normalized spacial score (nSPS) is 12.3. The van der Waals surface area contributed by atoms with E-state index < -0.39 is 0 Å². The Balaban J connectivity index is 1.50. The van der Waals surface area contributed by atoms with Gasteiger partial charge in [0.2, 0.25) is 17.6 Å². The minimum atomic E-state index is -0.329. The van der Waals surface area contributed by atoms with Gasteiger partial charge >= 0.3 is 0 Å². The van der Waals surface area contributed by atoms with E-state index in [1.54, 1.807) is 18.4 Å². The van der Waals surface area contributed by atoms with Crippen molar-refractivity contribution in [2.45, 2.75) is 18.9 Å². The van der Waals surface area contributed by atoms with Crippen molar-refractivity contribution in [3.05, 3.63) is 60.1 Å². The van der Waals surface area contributed by atoms with Crippen molar-refractivity contribution in [2.24, 2.45) is 0 Å². The molecule has 1 amide bonds. The van der Waals surface area contributed by atoms with E-state index in [1.165, 1.54) is 12.1 Å². The first kappa shape index (κ1) is 18.8. The highest BCUT2D eigenvalue weighted by Gasteiger charge is 2.18. The van der Waals surface area contributed by atoms with Gasteiger partial charge < -0.3 is 14.3 Å². The smallest absolute Gasteiger partial charge is 0.227 e. The van der Waals surface area contributed by atoms with Crippen molar-refractivity contribution in [3.63, 3.8) is 0 Å². The van der Waals surface area contributed by atoms with Gasteiger partial charge in [0, 0.05) is 24.9 Å². The number of hydrogen-bond acceptors (Lipinski definition) is 6. The lowest BCUT2D eigenvalue weighted by Crippen LogP contribution is -2.34. The number of carbonyl (C=O) groups excluding carboxylic acids is 1. The van der Waals surface area contributed by atoms with Gasteiger partial charge in [0.15, 0.2) is 0 Å². The Kier molecular flexibility index (Phi) is 5.97. The molecule has 2 heterocycles. The number of nitrogens with one attached hydrogen (secondary N) is 1. The molecule has 27 heavy (non-hydrogen) atoms. The lowest BCUT2D eigenvalue weighted by atomic mass is 10.2. The van der Waals surface area contributed by atoms with Gasteiger partial charge in [-0.2, -0.15) is 4.98 Å². The van der Waals surface area contributed by atoms with E-state index in [4.69, 9.17) is 8.94 Å². The van der Waals surface area contributed by atoms with Crippen LogP contribution in [0.2, 0.25) is 0 Å². The Hall–Kier alpha value is -3.00. The van der Waals surface area contributed by atoms with E-state index in [9.17, 15) is 9.18 Å². The zero-order chi connectivity index (χ0) is 19.2. The Bertz CT molecular complexity index is 859. The average molecular weight is 372 g/mol. The number of amides is 1. The second-order valence-corrected chi connectivity index (χ2v) is 6.32. The summed E-state index contributed by atoms with van der Waals surface area (Å²) < 4.78 is 23.6. The molecule has 0 spiro atoms. The molecular weight excluding hydrogens is 351 g/mol. The number of rotatable bonds is 8. The van der Waals surface area contributed by atoms with Gasteiger partial charge in [0.1, 0.15) is 11.6 Å². The molecule has 8 heteroatoms.